The third-order valence-electron chi connectivity index (χ3n) is 6.77. The first kappa shape index (κ1) is 17.2. The predicted octanol–water partition coefficient (Wildman–Crippen LogP) is -0.108. The third-order valence-corrected chi connectivity index (χ3v) is 6.77. The summed E-state index contributed by atoms with van der Waals surface area (Å²) in [4.78, 5) is 18.5. The summed E-state index contributed by atoms with van der Waals surface area (Å²) in [5.41, 5.74) is 0. The van der Waals surface area contributed by atoms with Crippen LogP contribution in [-0.2, 0) is 4.79 Å². The molecule has 3 rings (SSSR count). The summed E-state index contributed by atoms with van der Waals surface area (Å²) in [6.45, 7) is 10.6. The van der Waals surface area contributed by atoms with Crippen LogP contribution in [0.2, 0.25) is 0 Å². The van der Waals surface area contributed by atoms with Crippen molar-refractivity contribution in [1.29, 1.82) is 0 Å². The zero-order valence-electron chi connectivity index (χ0n) is 15.3. The number of carbonyl (C=O) groups excluding carboxylic acids is 1. The molecule has 0 saturated carbocycles. The fraction of sp³-hybridized carbons (Fsp3) is 0.947. The number of rotatable bonds is 3. The van der Waals surface area contributed by atoms with Crippen molar-refractivity contribution in [1.82, 2.24) is 4.90 Å². The quantitative estimate of drug-likeness (QED) is 0.746. The van der Waals surface area contributed by atoms with Crippen LogP contribution >= 0.6 is 0 Å². The molecule has 0 aromatic heterocycles. The Kier molecular flexibility index (Phi) is 5.97. The molecule has 0 aromatic rings. The van der Waals surface area contributed by atoms with Crippen LogP contribution < -0.4 is 9.80 Å². The minimum Gasteiger partial charge on any atom is -0.335 e. The van der Waals surface area contributed by atoms with Gasteiger partial charge in [-0.15, -0.1) is 0 Å². The summed E-state index contributed by atoms with van der Waals surface area (Å²) in [7, 11) is 0. The number of nitrogens with zero attached hydrogens (tertiary/aromatic N) is 1. The molecule has 3 fully saturated rings. The molecule has 0 aliphatic carbocycles. The van der Waals surface area contributed by atoms with Gasteiger partial charge in [0.05, 0.1) is 32.2 Å². The number of carbonyl (C=O) groups is 1. The monoisotopic (exact) mass is 323 g/mol. The molecule has 4 heteroatoms. The Morgan fingerprint density at radius 2 is 1.65 bits per heavy atom. The molecule has 1 amide bonds. The molecule has 2 N–H and O–H groups in total. The van der Waals surface area contributed by atoms with Crippen molar-refractivity contribution in [2.45, 2.75) is 83.3 Å². The van der Waals surface area contributed by atoms with Crippen LogP contribution in [0.1, 0.15) is 65.2 Å². The molecule has 2 atom stereocenters. The topological polar surface area (TPSA) is 29.2 Å². The van der Waals surface area contributed by atoms with Crippen molar-refractivity contribution >= 4 is 5.91 Å². The van der Waals surface area contributed by atoms with E-state index in [-0.39, 0.29) is 6.04 Å². The number of hydrogen-bond donors (Lipinski definition) is 2. The molecule has 0 unspecified atom stereocenters. The molecule has 3 heterocycles. The average molecular weight is 324 g/mol. The van der Waals surface area contributed by atoms with Gasteiger partial charge in [0.1, 0.15) is 0 Å². The van der Waals surface area contributed by atoms with Gasteiger partial charge < -0.3 is 14.7 Å². The highest BCUT2D eigenvalue weighted by Crippen LogP contribution is 2.17. The number of hydrogen-bond acceptors (Lipinski definition) is 1. The Bertz CT molecular complexity index is 386. The lowest BCUT2D eigenvalue weighted by Gasteiger charge is -2.40. The van der Waals surface area contributed by atoms with E-state index in [4.69, 9.17) is 0 Å². The molecule has 0 spiro atoms. The Hall–Kier alpha value is -0.610. The van der Waals surface area contributed by atoms with Crippen molar-refractivity contribution in [3.05, 3.63) is 0 Å². The second kappa shape index (κ2) is 7.98. The van der Waals surface area contributed by atoms with Crippen LogP contribution in [0.4, 0.5) is 0 Å². The smallest absolute Gasteiger partial charge is 0.280 e. The van der Waals surface area contributed by atoms with Crippen molar-refractivity contribution in [3.63, 3.8) is 0 Å². The minimum absolute atomic E-state index is 0.160. The summed E-state index contributed by atoms with van der Waals surface area (Å²) >= 11 is 0. The maximum Gasteiger partial charge on any atom is 0.280 e. The molecule has 3 aliphatic rings. The Morgan fingerprint density at radius 1 is 0.957 bits per heavy atom. The SMILES string of the molecule is C[C@H]1CCCCN1C(=O)[C@H](C)[NH+]1CCC([NH+]2CCCCC2)CC1. The number of nitrogens with one attached hydrogen (secondary N) is 2. The molecule has 23 heavy (non-hydrogen) atoms. The maximum absolute atomic E-state index is 12.9. The third kappa shape index (κ3) is 4.08. The van der Waals surface area contributed by atoms with Crippen molar-refractivity contribution in [3.8, 4) is 0 Å². The van der Waals surface area contributed by atoms with Gasteiger partial charge in [-0.2, -0.15) is 0 Å². The van der Waals surface area contributed by atoms with Crippen molar-refractivity contribution in [2.24, 2.45) is 0 Å². The summed E-state index contributed by atoms with van der Waals surface area (Å²) in [6.07, 6.45) is 10.6. The van der Waals surface area contributed by atoms with Gasteiger partial charge >= 0.3 is 0 Å². The largest absolute Gasteiger partial charge is 0.335 e. The summed E-state index contributed by atoms with van der Waals surface area (Å²) in [5.74, 6) is 0.413. The highest BCUT2D eigenvalue weighted by molar-refractivity contribution is 5.80. The maximum atomic E-state index is 12.9. The van der Waals surface area contributed by atoms with Gasteiger partial charge in [-0.3, -0.25) is 4.79 Å². The van der Waals surface area contributed by atoms with Gasteiger partial charge in [0.2, 0.25) is 0 Å². The van der Waals surface area contributed by atoms with Gasteiger partial charge in [0.15, 0.2) is 6.04 Å². The zero-order valence-corrected chi connectivity index (χ0v) is 15.3. The van der Waals surface area contributed by atoms with Crippen LogP contribution in [0, 0.1) is 0 Å². The van der Waals surface area contributed by atoms with E-state index < -0.39 is 0 Å². The lowest BCUT2D eigenvalue weighted by atomic mass is 9.98. The number of likely N-dealkylation sites (tertiary alicyclic amines) is 3. The second-order valence-corrected chi connectivity index (χ2v) is 8.25. The summed E-state index contributed by atoms with van der Waals surface area (Å²) in [5, 5.41) is 0. The van der Waals surface area contributed by atoms with Crippen molar-refractivity contribution in [2.75, 3.05) is 32.7 Å². The molecule has 3 saturated heterocycles. The first-order valence-electron chi connectivity index (χ1n) is 10.2. The van der Waals surface area contributed by atoms with Gasteiger partial charge in [0.25, 0.3) is 5.91 Å². The fourth-order valence-corrected chi connectivity index (χ4v) is 5.09. The van der Waals surface area contributed by atoms with Gasteiger partial charge in [-0.05, 0) is 52.4 Å². The number of quaternary nitrogens is 2. The van der Waals surface area contributed by atoms with E-state index in [1.165, 1.54) is 77.5 Å². The van der Waals surface area contributed by atoms with Gasteiger partial charge in [-0.1, -0.05) is 0 Å². The first-order chi connectivity index (χ1) is 11.2. The fourth-order valence-electron chi connectivity index (χ4n) is 5.09. The normalized spacial score (nSPS) is 35.0. The molecule has 0 aromatic carbocycles. The molecule has 0 radical (unpaired) electrons. The van der Waals surface area contributed by atoms with Crippen LogP contribution in [-0.4, -0.2) is 61.7 Å². The van der Waals surface area contributed by atoms with E-state index in [1.807, 2.05) is 4.90 Å². The second-order valence-electron chi connectivity index (χ2n) is 8.25. The number of amides is 1. The van der Waals surface area contributed by atoms with Crippen LogP contribution in [0.3, 0.4) is 0 Å². The van der Waals surface area contributed by atoms with E-state index in [0.29, 0.717) is 11.9 Å². The predicted molar refractivity (Wildman–Crippen MR) is 92.8 cm³/mol. The molecule has 4 nitrogen and oxygen atoms in total. The molecule has 132 valence electrons. The van der Waals surface area contributed by atoms with E-state index in [0.717, 1.165) is 12.6 Å². The van der Waals surface area contributed by atoms with Crippen LogP contribution in [0.5, 0.6) is 0 Å². The number of piperidine rings is 3. The van der Waals surface area contributed by atoms with E-state index in [1.54, 1.807) is 4.90 Å². The van der Waals surface area contributed by atoms with E-state index in [9.17, 15) is 4.79 Å². The highest BCUT2D eigenvalue weighted by atomic mass is 16.2. The van der Waals surface area contributed by atoms with E-state index >= 15 is 0 Å². The van der Waals surface area contributed by atoms with E-state index in [2.05, 4.69) is 18.7 Å². The Labute approximate surface area is 142 Å². The zero-order chi connectivity index (χ0) is 16.2. The molecular formula is C19H37N3O+2. The summed E-state index contributed by atoms with van der Waals surface area (Å²) < 4.78 is 0. The molecule has 0 bridgehead atoms. The Balaban J connectivity index is 1.49. The molecule has 3 aliphatic heterocycles. The van der Waals surface area contributed by atoms with Gasteiger partial charge in [-0.25, -0.2) is 0 Å². The Morgan fingerprint density at radius 3 is 2.30 bits per heavy atom. The minimum atomic E-state index is 0.160. The van der Waals surface area contributed by atoms with Crippen molar-refractivity contribution < 1.29 is 14.6 Å². The standard InChI is InChI=1S/C19H35N3O/c1-16-8-4-7-13-22(16)19(23)17(2)20-14-9-18(10-15-20)21-11-5-3-6-12-21/h16-18H,3-15H2,1-2H3/p+2/t16-,17-/m0/s1. The van der Waals surface area contributed by atoms with Crippen LogP contribution in [0.15, 0.2) is 0 Å². The summed E-state index contributed by atoms with van der Waals surface area (Å²) in [6, 6.07) is 1.48. The highest BCUT2D eigenvalue weighted by Gasteiger charge is 2.37. The van der Waals surface area contributed by atoms with Crippen LogP contribution in [0.25, 0.3) is 0 Å². The lowest BCUT2D eigenvalue weighted by Crippen LogP contribution is -3.22. The lowest BCUT2D eigenvalue weighted by molar-refractivity contribution is -0.965. The van der Waals surface area contributed by atoms with Gasteiger partial charge in [0, 0.05) is 25.4 Å². The average Bonchev–Trinajstić information content (AvgIpc) is 2.62. The molecular weight excluding hydrogens is 286 g/mol. The first-order valence-corrected chi connectivity index (χ1v) is 10.2.